The summed E-state index contributed by atoms with van der Waals surface area (Å²) in [7, 11) is 0. The molecule has 0 aromatic heterocycles. The highest BCUT2D eigenvalue weighted by molar-refractivity contribution is 5.73. The topological polar surface area (TPSA) is 53.3 Å². The van der Waals surface area contributed by atoms with Gasteiger partial charge < -0.3 is 4.74 Å². The van der Waals surface area contributed by atoms with Crippen LogP contribution < -0.4 is 0 Å². The number of amides is 1. The standard InChI is InChI=1S/C17H22N2O2/c1-12(2)7-8-13(3)15-14(9-10-18)11-19(15)16(20)21-17(4,5)6/h7-9,15H,1,3,11H2,2,4-6H3/b8-7-,14-9+. The predicted octanol–water partition coefficient (Wildman–Crippen LogP) is 3.74. The maximum Gasteiger partial charge on any atom is 0.411 e. The van der Waals surface area contributed by atoms with Gasteiger partial charge in [0.15, 0.2) is 0 Å². The van der Waals surface area contributed by atoms with E-state index in [4.69, 9.17) is 10.00 Å². The van der Waals surface area contributed by atoms with E-state index in [0.29, 0.717) is 6.54 Å². The number of allylic oxidation sites excluding steroid dienone is 3. The summed E-state index contributed by atoms with van der Waals surface area (Å²) in [5.41, 5.74) is 1.94. The van der Waals surface area contributed by atoms with E-state index < -0.39 is 11.7 Å². The van der Waals surface area contributed by atoms with Gasteiger partial charge in [-0.1, -0.05) is 30.9 Å². The summed E-state index contributed by atoms with van der Waals surface area (Å²) in [6.45, 7) is 15.5. The third-order valence-corrected chi connectivity index (χ3v) is 2.83. The number of ether oxygens (including phenoxy) is 1. The van der Waals surface area contributed by atoms with Gasteiger partial charge in [-0.15, -0.1) is 0 Å². The number of nitriles is 1. The lowest BCUT2D eigenvalue weighted by molar-refractivity contribution is 0.0140. The van der Waals surface area contributed by atoms with Crippen molar-refractivity contribution < 1.29 is 9.53 Å². The summed E-state index contributed by atoms with van der Waals surface area (Å²) < 4.78 is 5.37. The highest BCUT2D eigenvalue weighted by atomic mass is 16.6. The van der Waals surface area contributed by atoms with Gasteiger partial charge in [0, 0.05) is 12.6 Å². The van der Waals surface area contributed by atoms with E-state index in [1.54, 1.807) is 4.90 Å². The van der Waals surface area contributed by atoms with Crippen molar-refractivity contribution in [2.24, 2.45) is 0 Å². The largest absolute Gasteiger partial charge is 0.444 e. The molecule has 1 saturated heterocycles. The van der Waals surface area contributed by atoms with E-state index in [9.17, 15) is 4.79 Å². The minimum absolute atomic E-state index is 0.310. The van der Waals surface area contributed by atoms with Gasteiger partial charge in [0.25, 0.3) is 0 Å². The van der Waals surface area contributed by atoms with Crippen molar-refractivity contribution >= 4 is 6.09 Å². The van der Waals surface area contributed by atoms with E-state index in [2.05, 4.69) is 13.2 Å². The number of hydrogen-bond donors (Lipinski definition) is 0. The van der Waals surface area contributed by atoms with E-state index >= 15 is 0 Å². The molecule has 1 amide bonds. The molecule has 0 saturated carbocycles. The zero-order valence-corrected chi connectivity index (χ0v) is 13.1. The van der Waals surface area contributed by atoms with E-state index in [0.717, 1.165) is 16.7 Å². The fourth-order valence-corrected chi connectivity index (χ4v) is 1.94. The van der Waals surface area contributed by atoms with Crippen LogP contribution in [0.5, 0.6) is 0 Å². The molecule has 1 rings (SSSR count). The summed E-state index contributed by atoms with van der Waals surface area (Å²) in [6.07, 6.45) is 4.71. The zero-order valence-electron chi connectivity index (χ0n) is 13.1. The Balaban J connectivity index is 2.90. The Kier molecular flexibility index (Phi) is 5.15. The summed E-state index contributed by atoms with van der Waals surface area (Å²) in [6, 6.07) is 1.69. The van der Waals surface area contributed by atoms with Crippen molar-refractivity contribution in [2.45, 2.75) is 39.3 Å². The van der Waals surface area contributed by atoms with Crippen molar-refractivity contribution in [2.75, 3.05) is 6.54 Å². The van der Waals surface area contributed by atoms with Gasteiger partial charge in [-0.25, -0.2) is 4.79 Å². The van der Waals surface area contributed by atoms with Crippen LogP contribution in [0.3, 0.4) is 0 Å². The highest BCUT2D eigenvalue weighted by Crippen LogP contribution is 2.31. The Labute approximate surface area is 126 Å². The third-order valence-electron chi connectivity index (χ3n) is 2.83. The number of likely N-dealkylation sites (tertiary alicyclic amines) is 1. The van der Waals surface area contributed by atoms with Crippen LogP contribution in [-0.4, -0.2) is 29.2 Å². The van der Waals surface area contributed by atoms with Gasteiger partial charge in [0.1, 0.15) is 5.60 Å². The molecule has 1 heterocycles. The number of rotatable bonds is 3. The third kappa shape index (κ3) is 4.64. The minimum atomic E-state index is -0.550. The van der Waals surface area contributed by atoms with Crippen LogP contribution in [0.15, 0.2) is 48.1 Å². The molecule has 0 spiro atoms. The SMILES string of the molecule is C=C(C)/C=C\C(=C)C1/C(=C/C#N)CN1C(=O)OC(C)(C)C. The maximum absolute atomic E-state index is 12.2. The van der Waals surface area contributed by atoms with Gasteiger partial charge in [0.2, 0.25) is 0 Å². The van der Waals surface area contributed by atoms with Crippen LogP contribution in [0.4, 0.5) is 4.79 Å². The van der Waals surface area contributed by atoms with Crippen molar-refractivity contribution in [3.8, 4) is 6.07 Å². The quantitative estimate of drug-likeness (QED) is 0.586. The fourth-order valence-electron chi connectivity index (χ4n) is 1.94. The summed E-state index contributed by atoms with van der Waals surface area (Å²) in [5, 5.41) is 8.81. The molecule has 0 aliphatic carbocycles. The second-order valence-electron chi connectivity index (χ2n) is 6.11. The molecule has 1 unspecified atom stereocenters. The average molecular weight is 286 g/mol. The van der Waals surface area contributed by atoms with E-state index in [1.807, 2.05) is 45.9 Å². The number of hydrogen-bond acceptors (Lipinski definition) is 3. The van der Waals surface area contributed by atoms with Crippen LogP contribution in [-0.2, 0) is 4.74 Å². The second kappa shape index (κ2) is 6.45. The molecule has 4 nitrogen and oxygen atoms in total. The van der Waals surface area contributed by atoms with Crippen LogP contribution in [0.25, 0.3) is 0 Å². The highest BCUT2D eigenvalue weighted by Gasteiger charge is 2.40. The van der Waals surface area contributed by atoms with Gasteiger partial charge in [0.05, 0.1) is 12.1 Å². The molecule has 4 heteroatoms. The second-order valence-corrected chi connectivity index (χ2v) is 6.11. The molecule has 0 radical (unpaired) electrons. The first-order chi connectivity index (χ1) is 9.65. The molecule has 112 valence electrons. The Morgan fingerprint density at radius 3 is 2.52 bits per heavy atom. The van der Waals surface area contributed by atoms with Crippen molar-refractivity contribution in [3.05, 3.63) is 48.1 Å². The molecule has 0 aromatic carbocycles. The first kappa shape index (κ1) is 16.8. The molecule has 0 aromatic rings. The Morgan fingerprint density at radius 1 is 1.43 bits per heavy atom. The summed E-state index contributed by atoms with van der Waals surface area (Å²) in [4.78, 5) is 13.7. The zero-order chi connectivity index (χ0) is 16.2. The fraction of sp³-hybridized carbons (Fsp3) is 0.412. The lowest BCUT2D eigenvalue weighted by atomic mass is 9.89. The lowest BCUT2D eigenvalue weighted by Gasteiger charge is -2.43. The molecule has 0 bridgehead atoms. The van der Waals surface area contributed by atoms with Gasteiger partial charge in [-0.3, -0.25) is 4.90 Å². The Bertz CT molecular complexity index is 556. The van der Waals surface area contributed by atoms with E-state index in [-0.39, 0.29) is 6.04 Å². The molecule has 0 N–H and O–H groups in total. The monoisotopic (exact) mass is 286 g/mol. The maximum atomic E-state index is 12.2. The minimum Gasteiger partial charge on any atom is -0.444 e. The van der Waals surface area contributed by atoms with Crippen molar-refractivity contribution in [1.82, 2.24) is 4.90 Å². The summed E-state index contributed by atoms with van der Waals surface area (Å²) in [5.74, 6) is 0. The van der Waals surface area contributed by atoms with Crippen LogP contribution >= 0.6 is 0 Å². The van der Waals surface area contributed by atoms with Gasteiger partial charge >= 0.3 is 6.09 Å². The number of carbonyl (C=O) groups excluding carboxylic acids is 1. The van der Waals surface area contributed by atoms with Gasteiger partial charge in [-0.2, -0.15) is 5.26 Å². The Morgan fingerprint density at radius 2 is 2.05 bits per heavy atom. The summed E-state index contributed by atoms with van der Waals surface area (Å²) >= 11 is 0. The Hall–Kier alpha value is -2.28. The van der Waals surface area contributed by atoms with E-state index in [1.165, 1.54) is 6.08 Å². The van der Waals surface area contributed by atoms with Crippen molar-refractivity contribution in [1.29, 1.82) is 5.26 Å². The lowest BCUT2D eigenvalue weighted by Crippen LogP contribution is -2.55. The molecule has 21 heavy (non-hydrogen) atoms. The van der Waals surface area contributed by atoms with Crippen molar-refractivity contribution in [3.63, 3.8) is 0 Å². The molecule has 1 aliphatic rings. The number of nitrogens with zero attached hydrogens (tertiary/aromatic N) is 2. The first-order valence-electron chi connectivity index (χ1n) is 6.76. The van der Waals surface area contributed by atoms with Crippen LogP contribution in [0.1, 0.15) is 27.7 Å². The molecule has 1 atom stereocenters. The number of carbonyl (C=O) groups is 1. The average Bonchev–Trinajstić information content (AvgIpc) is 2.28. The molecule has 1 fully saturated rings. The normalized spacial score (nSPS) is 20.0. The first-order valence-corrected chi connectivity index (χ1v) is 6.76. The predicted molar refractivity (Wildman–Crippen MR) is 83.5 cm³/mol. The van der Waals surface area contributed by atoms with Crippen LogP contribution in [0, 0.1) is 11.3 Å². The van der Waals surface area contributed by atoms with Crippen LogP contribution in [0.2, 0.25) is 0 Å². The smallest absolute Gasteiger partial charge is 0.411 e. The van der Waals surface area contributed by atoms with Gasteiger partial charge in [-0.05, 0) is 38.8 Å². The molecular weight excluding hydrogens is 264 g/mol. The molecule has 1 aliphatic heterocycles. The molecular formula is C17H22N2O2.